The van der Waals surface area contributed by atoms with Crippen LogP contribution in [0.15, 0.2) is 60.7 Å². The number of hydrogen-bond donors (Lipinski definition) is 3. The van der Waals surface area contributed by atoms with Crippen molar-refractivity contribution >= 4 is 29.2 Å². The zero-order valence-corrected chi connectivity index (χ0v) is 21.6. The van der Waals surface area contributed by atoms with E-state index in [2.05, 4.69) is 31.0 Å². The Kier molecular flexibility index (Phi) is 8.86. The first-order chi connectivity index (χ1) is 18.4. The van der Waals surface area contributed by atoms with Crippen LogP contribution in [0, 0.1) is 5.92 Å². The Morgan fingerprint density at radius 3 is 2.34 bits per heavy atom. The molecule has 10 nitrogen and oxygen atoms in total. The molecule has 4 rings (SSSR count). The van der Waals surface area contributed by atoms with E-state index in [9.17, 15) is 14.4 Å². The van der Waals surface area contributed by atoms with Crippen LogP contribution in [-0.2, 0) is 9.59 Å². The quantitative estimate of drug-likeness (QED) is 0.374. The van der Waals surface area contributed by atoms with Gasteiger partial charge < -0.3 is 25.6 Å². The van der Waals surface area contributed by atoms with Crippen LogP contribution in [0.1, 0.15) is 30.1 Å². The first-order valence-electron chi connectivity index (χ1n) is 12.6. The zero-order chi connectivity index (χ0) is 26.9. The molecule has 1 unspecified atom stereocenters. The largest absolute Gasteiger partial charge is 0.497 e. The molecule has 0 bridgehead atoms. The minimum absolute atomic E-state index is 0.0357. The lowest BCUT2D eigenvalue weighted by atomic mass is 9.97. The molecule has 1 aliphatic rings. The third kappa shape index (κ3) is 7.06. The Morgan fingerprint density at radius 2 is 1.68 bits per heavy atom. The molecule has 0 radical (unpaired) electrons. The summed E-state index contributed by atoms with van der Waals surface area (Å²) in [5, 5.41) is 17.2. The van der Waals surface area contributed by atoms with Crippen LogP contribution in [0.4, 0.5) is 11.5 Å². The lowest BCUT2D eigenvalue weighted by Gasteiger charge is -2.32. The fourth-order valence-electron chi connectivity index (χ4n) is 4.33. The second kappa shape index (κ2) is 12.7. The molecule has 1 saturated heterocycles. The van der Waals surface area contributed by atoms with Crippen LogP contribution in [0.25, 0.3) is 11.3 Å². The van der Waals surface area contributed by atoms with E-state index < -0.39 is 0 Å². The number of piperidine rings is 1. The highest BCUT2D eigenvalue weighted by atomic mass is 16.5. The van der Waals surface area contributed by atoms with E-state index >= 15 is 0 Å². The number of aromatic nitrogens is 2. The maximum absolute atomic E-state index is 12.8. The maximum atomic E-state index is 12.8. The lowest BCUT2D eigenvalue weighted by molar-refractivity contribution is -0.125. The summed E-state index contributed by atoms with van der Waals surface area (Å²) < 4.78 is 5.20. The number of carbonyl (C=O) groups excluding carboxylic acids is 3. The summed E-state index contributed by atoms with van der Waals surface area (Å²) in [5.41, 5.74) is 2.83. The Morgan fingerprint density at radius 1 is 0.947 bits per heavy atom. The number of nitrogens with one attached hydrogen (secondary N) is 3. The van der Waals surface area contributed by atoms with E-state index in [1.54, 1.807) is 31.4 Å². The standard InChI is InChI=1S/C28H32N6O4/c1-19(35)31-23-9-5-21(6-10-23)27(36)29-15-16-30-28(37)22-4-3-17-34(18-22)26-14-13-25(32-33-26)20-7-11-24(38-2)12-8-20/h5-14,22H,3-4,15-18H2,1-2H3,(H,29,36)(H,30,37)(H,31,35). The molecule has 1 aromatic heterocycles. The van der Waals surface area contributed by atoms with Gasteiger partial charge in [0.05, 0.1) is 18.7 Å². The van der Waals surface area contributed by atoms with Crippen molar-refractivity contribution in [2.45, 2.75) is 19.8 Å². The molecule has 1 aliphatic heterocycles. The summed E-state index contributed by atoms with van der Waals surface area (Å²) in [6.07, 6.45) is 1.68. The third-order valence-corrected chi connectivity index (χ3v) is 6.33. The van der Waals surface area contributed by atoms with Gasteiger partial charge in [0, 0.05) is 49.9 Å². The van der Waals surface area contributed by atoms with Crippen LogP contribution in [0.3, 0.4) is 0 Å². The van der Waals surface area contributed by atoms with E-state index in [1.165, 1.54) is 6.92 Å². The molecule has 0 saturated carbocycles. The molecule has 2 aromatic carbocycles. The minimum Gasteiger partial charge on any atom is -0.497 e. The third-order valence-electron chi connectivity index (χ3n) is 6.33. The molecular formula is C28H32N6O4. The van der Waals surface area contributed by atoms with Crippen LogP contribution in [0.5, 0.6) is 5.75 Å². The SMILES string of the molecule is COc1ccc(-c2ccc(N3CCCC(C(=O)NCCNC(=O)c4ccc(NC(C)=O)cc4)C3)nn2)cc1. The molecule has 3 N–H and O–H groups in total. The molecule has 0 spiro atoms. The summed E-state index contributed by atoms with van der Waals surface area (Å²) in [6.45, 7) is 3.45. The maximum Gasteiger partial charge on any atom is 0.251 e. The number of anilines is 2. The summed E-state index contributed by atoms with van der Waals surface area (Å²) in [7, 11) is 1.63. The van der Waals surface area contributed by atoms with Crippen molar-refractivity contribution in [3.05, 3.63) is 66.2 Å². The predicted molar refractivity (Wildman–Crippen MR) is 145 cm³/mol. The molecule has 0 aliphatic carbocycles. The highest BCUT2D eigenvalue weighted by molar-refractivity contribution is 5.95. The molecular weight excluding hydrogens is 484 g/mol. The van der Waals surface area contributed by atoms with E-state index in [0.29, 0.717) is 30.9 Å². The van der Waals surface area contributed by atoms with E-state index in [-0.39, 0.29) is 23.6 Å². The average Bonchev–Trinajstić information content (AvgIpc) is 2.95. The van der Waals surface area contributed by atoms with Gasteiger partial charge >= 0.3 is 0 Å². The van der Waals surface area contributed by atoms with Crippen molar-refractivity contribution in [2.24, 2.45) is 5.92 Å². The van der Waals surface area contributed by atoms with Gasteiger partial charge in [-0.1, -0.05) is 0 Å². The van der Waals surface area contributed by atoms with Crippen molar-refractivity contribution in [3.63, 3.8) is 0 Å². The number of amides is 3. The van der Waals surface area contributed by atoms with Gasteiger partial charge in [-0.2, -0.15) is 0 Å². The summed E-state index contributed by atoms with van der Waals surface area (Å²) in [6, 6.07) is 18.1. The number of benzene rings is 2. The van der Waals surface area contributed by atoms with Crippen molar-refractivity contribution < 1.29 is 19.1 Å². The second-order valence-electron chi connectivity index (χ2n) is 9.10. The van der Waals surface area contributed by atoms with Crippen LogP contribution in [0.2, 0.25) is 0 Å². The van der Waals surface area contributed by atoms with Gasteiger partial charge in [-0.25, -0.2) is 0 Å². The van der Waals surface area contributed by atoms with Crippen molar-refractivity contribution in [2.75, 3.05) is 43.5 Å². The van der Waals surface area contributed by atoms with Crippen LogP contribution < -0.4 is 25.6 Å². The number of carbonyl (C=O) groups is 3. The van der Waals surface area contributed by atoms with Crippen molar-refractivity contribution in [3.8, 4) is 17.0 Å². The van der Waals surface area contributed by atoms with Gasteiger partial charge in [-0.15, -0.1) is 10.2 Å². The van der Waals surface area contributed by atoms with Gasteiger partial charge in [-0.05, 0) is 73.5 Å². The lowest BCUT2D eigenvalue weighted by Crippen LogP contribution is -2.45. The minimum atomic E-state index is -0.242. The fourth-order valence-corrected chi connectivity index (χ4v) is 4.33. The summed E-state index contributed by atoms with van der Waals surface area (Å²) >= 11 is 0. The normalized spacial score (nSPS) is 14.9. The van der Waals surface area contributed by atoms with Crippen molar-refractivity contribution in [1.82, 2.24) is 20.8 Å². The highest BCUT2D eigenvalue weighted by Crippen LogP contribution is 2.24. The van der Waals surface area contributed by atoms with Gasteiger partial charge in [0.25, 0.3) is 5.91 Å². The molecule has 1 atom stereocenters. The molecule has 3 amide bonds. The first-order valence-corrected chi connectivity index (χ1v) is 12.6. The number of hydrogen-bond acceptors (Lipinski definition) is 7. The Hall–Kier alpha value is -4.47. The highest BCUT2D eigenvalue weighted by Gasteiger charge is 2.26. The predicted octanol–water partition coefficient (Wildman–Crippen LogP) is 2.87. The van der Waals surface area contributed by atoms with Crippen molar-refractivity contribution in [1.29, 1.82) is 0 Å². The first kappa shape index (κ1) is 26.6. The number of nitrogens with zero attached hydrogens (tertiary/aromatic N) is 3. The summed E-state index contributed by atoms with van der Waals surface area (Å²) in [5.74, 6) is 0.920. The smallest absolute Gasteiger partial charge is 0.251 e. The van der Waals surface area contributed by atoms with Gasteiger partial charge in [0.2, 0.25) is 11.8 Å². The number of ether oxygens (including phenoxy) is 1. The molecule has 1 fully saturated rings. The van der Waals surface area contributed by atoms with Crippen LogP contribution in [-0.4, -0.2) is 61.2 Å². The van der Waals surface area contributed by atoms with E-state index in [1.807, 2.05) is 36.4 Å². The van der Waals surface area contributed by atoms with Crippen LogP contribution >= 0.6 is 0 Å². The van der Waals surface area contributed by atoms with Gasteiger partial charge in [0.1, 0.15) is 5.75 Å². The van der Waals surface area contributed by atoms with Gasteiger partial charge in [-0.3, -0.25) is 14.4 Å². The topological polar surface area (TPSA) is 126 Å². The molecule has 3 aromatic rings. The van der Waals surface area contributed by atoms with Gasteiger partial charge in [0.15, 0.2) is 5.82 Å². The Labute approximate surface area is 221 Å². The molecule has 38 heavy (non-hydrogen) atoms. The number of rotatable bonds is 9. The van der Waals surface area contributed by atoms with E-state index in [4.69, 9.17) is 4.74 Å². The summed E-state index contributed by atoms with van der Waals surface area (Å²) in [4.78, 5) is 38.3. The fraction of sp³-hybridized carbons (Fsp3) is 0.321. The molecule has 10 heteroatoms. The number of methoxy groups -OCH3 is 1. The Balaban J connectivity index is 1.22. The molecule has 2 heterocycles. The molecule has 198 valence electrons. The second-order valence-corrected chi connectivity index (χ2v) is 9.10. The van der Waals surface area contributed by atoms with E-state index in [0.717, 1.165) is 42.2 Å². The average molecular weight is 517 g/mol. The zero-order valence-electron chi connectivity index (χ0n) is 21.6. The monoisotopic (exact) mass is 516 g/mol. The Bertz CT molecular complexity index is 1250.